The molecule has 30 heavy (non-hydrogen) atoms. The van der Waals surface area contributed by atoms with Gasteiger partial charge in [-0.2, -0.15) is 0 Å². The molecule has 3 nitrogen and oxygen atoms in total. The second-order valence-corrected chi connectivity index (χ2v) is 12.6. The van der Waals surface area contributed by atoms with Crippen molar-refractivity contribution in [3.63, 3.8) is 0 Å². The molecule has 0 aromatic heterocycles. The van der Waals surface area contributed by atoms with Crippen LogP contribution in [-0.2, 0) is 4.79 Å². The summed E-state index contributed by atoms with van der Waals surface area (Å²) in [7, 11) is 0. The second-order valence-electron chi connectivity index (χ2n) is 12.6. The van der Waals surface area contributed by atoms with Gasteiger partial charge in [0.2, 0.25) is 0 Å². The van der Waals surface area contributed by atoms with Gasteiger partial charge in [0, 0.05) is 12.3 Å². The molecule has 0 saturated heterocycles. The first-order valence-electron chi connectivity index (χ1n) is 12.6. The zero-order valence-corrected chi connectivity index (χ0v) is 20.0. The largest absolute Gasteiger partial charge is 0.390 e. The van der Waals surface area contributed by atoms with Crippen molar-refractivity contribution in [1.29, 1.82) is 0 Å². The van der Waals surface area contributed by atoms with Crippen LogP contribution in [0.5, 0.6) is 0 Å². The molecule has 7 atom stereocenters. The summed E-state index contributed by atoms with van der Waals surface area (Å²) in [6.45, 7) is 10.5. The van der Waals surface area contributed by atoms with Crippen molar-refractivity contribution in [2.45, 2.75) is 116 Å². The minimum absolute atomic E-state index is 0.0115. The molecule has 0 spiro atoms. The molecule has 4 aliphatic carbocycles. The smallest absolute Gasteiger partial charge is 0.137 e. The maximum absolute atomic E-state index is 13.2. The third-order valence-electron chi connectivity index (χ3n) is 10.00. The van der Waals surface area contributed by atoms with Gasteiger partial charge in [-0.15, -0.1) is 0 Å². The zero-order valence-electron chi connectivity index (χ0n) is 20.0. The van der Waals surface area contributed by atoms with Crippen LogP contribution in [0, 0.1) is 34.5 Å². The van der Waals surface area contributed by atoms with Gasteiger partial charge in [0.05, 0.1) is 11.2 Å². The fourth-order valence-electron chi connectivity index (χ4n) is 8.43. The van der Waals surface area contributed by atoms with Gasteiger partial charge in [0.1, 0.15) is 5.78 Å². The molecule has 4 rings (SSSR count). The van der Waals surface area contributed by atoms with Gasteiger partial charge < -0.3 is 10.2 Å². The lowest BCUT2D eigenvalue weighted by Crippen LogP contribution is -2.55. The number of carbonyl (C=O) groups excluding carboxylic acids is 1. The maximum Gasteiger partial charge on any atom is 0.137 e. The van der Waals surface area contributed by atoms with Gasteiger partial charge in [0.15, 0.2) is 0 Å². The predicted molar refractivity (Wildman–Crippen MR) is 121 cm³/mol. The van der Waals surface area contributed by atoms with Crippen molar-refractivity contribution in [3.8, 4) is 0 Å². The Kier molecular flexibility index (Phi) is 5.59. The summed E-state index contributed by atoms with van der Waals surface area (Å²) in [5.41, 5.74) is 0.294. The number of aliphatic hydroxyl groups is 2. The van der Waals surface area contributed by atoms with Gasteiger partial charge >= 0.3 is 0 Å². The van der Waals surface area contributed by atoms with Crippen LogP contribution in [0.2, 0.25) is 0 Å². The monoisotopic (exact) mass is 416 g/mol. The Hall–Kier alpha value is -0.670. The fourth-order valence-corrected chi connectivity index (χ4v) is 8.43. The van der Waals surface area contributed by atoms with E-state index in [0.717, 1.165) is 38.5 Å². The number of hydrogen-bond donors (Lipinski definition) is 2. The number of Topliss-reactive ketones (excluding diaryl/α,β-unsaturated/α-hetero) is 1. The van der Waals surface area contributed by atoms with Crippen molar-refractivity contribution in [2.75, 3.05) is 0 Å². The van der Waals surface area contributed by atoms with Crippen LogP contribution in [0.3, 0.4) is 0 Å². The number of carbonyl (C=O) groups is 1. The van der Waals surface area contributed by atoms with Crippen LogP contribution in [0.1, 0.15) is 105 Å². The summed E-state index contributed by atoms with van der Waals surface area (Å²) in [4.78, 5) is 13.2. The molecule has 0 aromatic carbocycles. The summed E-state index contributed by atoms with van der Waals surface area (Å²) < 4.78 is 0. The molecule has 2 N–H and O–H groups in total. The highest BCUT2D eigenvalue weighted by atomic mass is 16.3. The van der Waals surface area contributed by atoms with Gasteiger partial charge in [-0.05, 0) is 101 Å². The van der Waals surface area contributed by atoms with E-state index < -0.39 is 11.2 Å². The molecule has 3 fully saturated rings. The normalized spacial score (nSPS) is 43.3. The molecule has 3 heteroatoms. The number of ketones is 1. The van der Waals surface area contributed by atoms with Crippen molar-refractivity contribution in [3.05, 3.63) is 11.6 Å². The molecule has 0 aliphatic heterocycles. The third kappa shape index (κ3) is 3.62. The van der Waals surface area contributed by atoms with Gasteiger partial charge in [-0.3, -0.25) is 4.79 Å². The Bertz CT molecular complexity index is 714. The van der Waals surface area contributed by atoms with Gasteiger partial charge in [-0.25, -0.2) is 0 Å². The number of fused-ring (bicyclic) bond motifs is 5. The molecule has 0 heterocycles. The molecule has 6 unspecified atom stereocenters. The minimum Gasteiger partial charge on any atom is -0.390 e. The highest BCUT2D eigenvalue weighted by molar-refractivity contribution is 5.84. The lowest BCUT2D eigenvalue weighted by molar-refractivity contribution is -0.144. The molecule has 0 bridgehead atoms. The van der Waals surface area contributed by atoms with E-state index in [4.69, 9.17) is 0 Å². The standard InChI is InChI=1S/C27H44O3/c1-24(2,29)13-8-15-27(5,30)23-11-10-19-18-17-22(28)21-9-6-7-14-25(21,3)20(18)12-16-26(19,23)4/h10,18,20-21,23,29-30H,6-9,11-17H2,1-5H3/t18?,20?,21?,23?,25?,26?,27-/m0/s1. The Labute approximate surface area is 183 Å². The summed E-state index contributed by atoms with van der Waals surface area (Å²) in [6.07, 6.45) is 13.5. The van der Waals surface area contributed by atoms with Crippen LogP contribution >= 0.6 is 0 Å². The molecule has 0 aromatic rings. The zero-order chi connectivity index (χ0) is 21.9. The average molecular weight is 417 g/mol. The Balaban J connectivity index is 1.54. The van der Waals surface area contributed by atoms with E-state index in [0.29, 0.717) is 30.0 Å². The third-order valence-corrected chi connectivity index (χ3v) is 10.00. The van der Waals surface area contributed by atoms with E-state index >= 15 is 0 Å². The summed E-state index contributed by atoms with van der Waals surface area (Å²) in [5.74, 6) is 2.06. The molecular weight excluding hydrogens is 372 g/mol. The lowest BCUT2D eigenvalue weighted by atomic mass is 9.45. The van der Waals surface area contributed by atoms with Crippen molar-refractivity contribution in [1.82, 2.24) is 0 Å². The molecule has 170 valence electrons. The van der Waals surface area contributed by atoms with Crippen LogP contribution in [-0.4, -0.2) is 27.2 Å². The lowest BCUT2D eigenvalue weighted by Gasteiger charge is -2.59. The van der Waals surface area contributed by atoms with E-state index in [1.807, 2.05) is 20.8 Å². The number of rotatable bonds is 5. The van der Waals surface area contributed by atoms with Crippen LogP contribution < -0.4 is 0 Å². The van der Waals surface area contributed by atoms with Gasteiger partial charge in [-0.1, -0.05) is 38.3 Å². The minimum atomic E-state index is -0.735. The average Bonchev–Trinajstić information content (AvgIpc) is 2.99. The summed E-state index contributed by atoms with van der Waals surface area (Å²) in [5, 5.41) is 21.6. The van der Waals surface area contributed by atoms with E-state index in [1.54, 1.807) is 0 Å². The van der Waals surface area contributed by atoms with Crippen molar-refractivity contribution >= 4 is 5.78 Å². The first-order valence-corrected chi connectivity index (χ1v) is 12.6. The fraction of sp³-hybridized carbons (Fsp3) is 0.889. The van der Waals surface area contributed by atoms with E-state index in [1.165, 1.54) is 31.3 Å². The van der Waals surface area contributed by atoms with Crippen molar-refractivity contribution < 1.29 is 15.0 Å². The number of allylic oxidation sites excluding steroid dienone is 2. The first-order chi connectivity index (χ1) is 13.9. The maximum atomic E-state index is 13.2. The Morgan fingerprint density at radius 1 is 1.07 bits per heavy atom. The molecule has 4 aliphatic rings. The summed E-state index contributed by atoms with van der Waals surface area (Å²) >= 11 is 0. The topological polar surface area (TPSA) is 57.5 Å². The quantitative estimate of drug-likeness (QED) is 0.555. The Morgan fingerprint density at radius 3 is 2.50 bits per heavy atom. The summed E-state index contributed by atoms with van der Waals surface area (Å²) in [6, 6.07) is 0. The molecule has 0 radical (unpaired) electrons. The SMILES string of the molecule is CC(C)(O)CCC[C@](C)(O)C1CC=C2C3CC(=O)C4CCCCC4(C)C3CCC21C. The van der Waals surface area contributed by atoms with E-state index in [2.05, 4.69) is 19.9 Å². The second kappa shape index (κ2) is 7.44. The highest BCUT2D eigenvalue weighted by Gasteiger charge is 2.60. The molecule has 3 saturated carbocycles. The van der Waals surface area contributed by atoms with Crippen LogP contribution in [0.4, 0.5) is 0 Å². The van der Waals surface area contributed by atoms with Crippen molar-refractivity contribution in [2.24, 2.45) is 34.5 Å². The molecule has 0 amide bonds. The van der Waals surface area contributed by atoms with E-state index in [-0.39, 0.29) is 16.7 Å². The highest BCUT2D eigenvalue weighted by Crippen LogP contribution is 2.66. The van der Waals surface area contributed by atoms with Gasteiger partial charge in [0.25, 0.3) is 0 Å². The van der Waals surface area contributed by atoms with Crippen LogP contribution in [0.25, 0.3) is 0 Å². The molecular formula is C27H44O3. The van der Waals surface area contributed by atoms with Crippen LogP contribution in [0.15, 0.2) is 11.6 Å². The predicted octanol–water partition coefficient (Wildman–Crippen LogP) is 5.83. The first kappa shape index (κ1) is 22.5. The number of hydrogen-bond acceptors (Lipinski definition) is 3. The van der Waals surface area contributed by atoms with E-state index in [9.17, 15) is 15.0 Å². The Morgan fingerprint density at radius 2 is 1.80 bits per heavy atom.